The standard InChI is InChI=1S/C23H26O/c1-15-7-3-13-19(21(15)17-9-5-10-17)23(24)20-14-4-8-16(2)22(20)18-11-6-12-18/h3-4,7-8,13-14,17-18H,5-6,9-12H2,1-2H3. The summed E-state index contributed by atoms with van der Waals surface area (Å²) in [4.78, 5) is 13.5. The summed E-state index contributed by atoms with van der Waals surface area (Å²) in [5, 5.41) is 0. The molecule has 1 heteroatoms. The molecule has 4 rings (SSSR count). The van der Waals surface area contributed by atoms with Crippen molar-refractivity contribution in [3.8, 4) is 0 Å². The molecule has 2 saturated carbocycles. The first-order valence-corrected chi connectivity index (χ1v) is 9.40. The Morgan fingerprint density at radius 1 is 0.750 bits per heavy atom. The number of rotatable bonds is 4. The fourth-order valence-electron chi connectivity index (χ4n) is 4.38. The quantitative estimate of drug-likeness (QED) is 0.625. The van der Waals surface area contributed by atoms with Gasteiger partial charge < -0.3 is 0 Å². The molecule has 2 aromatic carbocycles. The van der Waals surface area contributed by atoms with E-state index in [0.717, 1.165) is 11.1 Å². The maximum absolute atomic E-state index is 13.5. The molecule has 0 amide bonds. The summed E-state index contributed by atoms with van der Waals surface area (Å²) in [5.41, 5.74) is 7.09. The van der Waals surface area contributed by atoms with Crippen molar-refractivity contribution >= 4 is 5.78 Å². The Hall–Kier alpha value is -1.89. The molecular weight excluding hydrogens is 292 g/mol. The molecule has 0 radical (unpaired) electrons. The van der Waals surface area contributed by atoms with Crippen LogP contribution in [0.3, 0.4) is 0 Å². The highest BCUT2D eigenvalue weighted by Crippen LogP contribution is 2.43. The van der Waals surface area contributed by atoms with E-state index in [0.29, 0.717) is 11.8 Å². The number of ketones is 1. The van der Waals surface area contributed by atoms with Crippen LogP contribution in [0, 0.1) is 13.8 Å². The summed E-state index contributed by atoms with van der Waals surface area (Å²) in [6, 6.07) is 12.5. The summed E-state index contributed by atoms with van der Waals surface area (Å²) >= 11 is 0. The average Bonchev–Trinajstić information content (AvgIpc) is 2.47. The highest BCUT2D eigenvalue weighted by atomic mass is 16.1. The lowest BCUT2D eigenvalue weighted by Gasteiger charge is -2.31. The normalized spacial score (nSPS) is 18.1. The fraction of sp³-hybridized carbons (Fsp3) is 0.435. The zero-order valence-corrected chi connectivity index (χ0v) is 14.8. The van der Waals surface area contributed by atoms with Crippen LogP contribution in [0.4, 0.5) is 0 Å². The maximum atomic E-state index is 13.5. The lowest BCUT2D eigenvalue weighted by molar-refractivity contribution is 0.103. The van der Waals surface area contributed by atoms with Gasteiger partial charge in [-0.2, -0.15) is 0 Å². The van der Waals surface area contributed by atoms with Gasteiger partial charge in [0.15, 0.2) is 5.78 Å². The predicted molar refractivity (Wildman–Crippen MR) is 99.0 cm³/mol. The largest absolute Gasteiger partial charge is 0.289 e. The van der Waals surface area contributed by atoms with Crippen molar-refractivity contribution in [1.82, 2.24) is 0 Å². The Balaban J connectivity index is 1.80. The summed E-state index contributed by atoms with van der Waals surface area (Å²) in [6.07, 6.45) is 7.51. The number of aryl methyl sites for hydroxylation is 2. The van der Waals surface area contributed by atoms with Gasteiger partial charge in [-0.15, -0.1) is 0 Å². The molecule has 0 bridgehead atoms. The van der Waals surface area contributed by atoms with E-state index in [-0.39, 0.29) is 5.78 Å². The molecule has 0 aliphatic heterocycles. The Morgan fingerprint density at radius 2 is 1.17 bits per heavy atom. The van der Waals surface area contributed by atoms with Crippen LogP contribution >= 0.6 is 0 Å². The van der Waals surface area contributed by atoms with Crippen LogP contribution in [0.25, 0.3) is 0 Å². The van der Waals surface area contributed by atoms with Crippen molar-refractivity contribution in [3.63, 3.8) is 0 Å². The van der Waals surface area contributed by atoms with Gasteiger partial charge in [0.05, 0.1) is 0 Å². The van der Waals surface area contributed by atoms with E-state index in [4.69, 9.17) is 0 Å². The molecule has 24 heavy (non-hydrogen) atoms. The van der Waals surface area contributed by atoms with Crippen molar-refractivity contribution in [1.29, 1.82) is 0 Å². The summed E-state index contributed by atoms with van der Waals surface area (Å²) < 4.78 is 0. The van der Waals surface area contributed by atoms with Crippen molar-refractivity contribution in [2.75, 3.05) is 0 Å². The van der Waals surface area contributed by atoms with Crippen LogP contribution in [0.5, 0.6) is 0 Å². The van der Waals surface area contributed by atoms with E-state index in [1.165, 1.54) is 60.8 Å². The lowest BCUT2D eigenvalue weighted by Crippen LogP contribution is -2.19. The van der Waals surface area contributed by atoms with Crippen molar-refractivity contribution in [2.24, 2.45) is 0 Å². The molecule has 0 atom stereocenters. The Bertz CT molecular complexity index is 713. The number of hydrogen-bond acceptors (Lipinski definition) is 1. The third-order valence-electron chi connectivity index (χ3n) is 6.16. The van der Waals surface area contributed by atoms with Gasteiger partial charge in [-0.1, -0.05) is 49.2 Å². The minimum atomic E-state index is 0.242. The van der Waals surface area contributed by atoms with Gasteiger partial charge in [0.25, 0.3) is 0 Å². The second-order valence-electron chi connectivity index (χ2n) is 7.66. The summed E-state index contributed by atoms with van der Waals surface area (Å²) in [7, 11) is 0. The van der Waals surface area contributed by atoms with Crippen LogP contribution < -0.4 is 0 Å². The van der Waals surface area contributed by atoms with Crippen LogP contribution in [0.1, 0.15) is 88.5 Å². The molecule has 2 aliphatic carbocycles. The van der Waals surface area contributed by atoms with Gasteiger partial charge >= 0.3 is 0 Å². The predicted octanol–water partition coefficient (Wildman–Crippen LogP) is 6.07. The van der Waals surface area contributed by atoms with Crippen molar-refractivity contribution in [3.05, 3.63) is 69.8 Å². The number of hydrogen-bond donors (Lipinski definition) is 0. The molecule has 0 spiro atoms. The monoisotopic (exact) mass is 318 g/mol. The second kappa shape index (κ2) is 6.20. The van der Waals surface area contributed by atoms with E-state index in [9.17, 15) is 4.79 Å². The van der Waals surface area contributed by atoms with Gasteiger partial charge in [-0.3, -0.25) is 4.79 Å². The third-order valence-corrected chi connectivity index (χ3v) is 6.16. The zero-order chi connectivity index (χ0) is 16.7. The molecule has 2 fully saturated rings. The minimum absolute atomic E-state index is 0.242. The summed E-state index contributed by atoms with van der Waals surface area (Å²) in [6.45, 7) is 4.32. The van der Waals surface area contributed by atoms with E-state index in [1.807, 2.05) is 12.1 Å². The van der Waals surface area contributed by atoms with Gasteiger partial charge in [-0.05, 0) is 73.6 Å². The molecule has 1 nitrogen and oxygen atoms in total. The van der Waals surface area contributed by atoms with E-state index in [1.54, 1.807) is 0 Å². The van der Waals surface area contributed by atoms with Gasteiger partial charge in [-0.25, -0.2) is 0 Å². The fourth-order valence-corrected chi connectivity index (χ4v) is 4.38. The van der Waals surface area contributed by atoms with E-state index < -0.39 is 0 Å². The molecule has 0 N–H and O–H groups in total. The number of benzene rings is 2. The molecule has 2 aromatic rings. The minimum Gasteiger partial charge on any atom is -0.289 e. The number of carbonyl (C=O) groups is 1. The van der Waals surface area contributed by atoms with E-state index >= 15 is 0 Å². The lowest BCUT2D eigenvalue weighted by atomic mass is 9.73. The molecular formula is C23H26O. The topological polar surface area (TPSA) is 17.1 Å². The van der Waals surface area contributed by atoms with Crippen LogP contribution in [0.15, 0.2) is 36.4 Å². The molecule has 0 saturated heterocycles. The van der Waals surface area contributed by atoms with Crippen LogP contribution in [0.2, 0.25) is 0 Å². The Labute approximate surface area is 145 Å². The molecule has 0 unspecified atom stereocenters. The van der Waals surface area contributed by atoms with Crippen molar-refractivity contribution < 1.29 is 4.79 Å². The highest BCUT2D eigenvalue weighted by molar-refractivity contribution is 6.11. The zero-order valence-electron chi connectivity index (χ0n) is 14.8. The van der Waals surface area contributed by atoms with Gasteiger partial charge in [0, 0.05) is 11.1 Å². The highest BCUT2D eigenvalue weighted by Gasteiger charge is 2.30. The maximum Gasteiger partial charge on any atom is 0.193 e. The van der Waals surface area contributed by atoms with Crippen LogP contribution in [-0.4, -0.2) is 5.78 Å². The Kier molecular flexibility index (Phi) is 4.04. The molecule has 124 valence electrons. The third kappa shape index (κ3) is 2.51. The summed E-state index contributed by atoms with van der Waals surface area (Å²) in [5.74, 6) is 1.41. The SMILES string of the molecule is Cc1cccc(C(=O)c2cccc(C)c2C2CCC2)c1C1CCC1. The molecule has 0 aromatic heterocycles. The molecule has 0 heterocycles. The first kappa shape index (κ1) is 15.6. The van der Waals surface area contributed by atoms with Crippen molar-refractivity contribution in [2.45, 2.75) is 64.2 Å². The van der Waals surface area contributed by atoms with E-state index in [2.05, 4.69) is 38.1 Å². The Morgan fingerprint density at radius 3 is 1.50 bits per heavy atom. The number of carbonyl (C=O) groups excluding carboxylic acids is 1. The molecule has 2 aliphatic rings. The van der Waals surface area contributed by atoms with Gasteiger partial charge in [0.1, 0.15) is 0 Å². The van der Waals surface area contributed by atoms with Crippen LogP contribution in [-0.2, 0) is 0 Å². The first-order chi connectivity index (χ1) is 11.7. The average molecular weight is 318 g/mol. The second-order valence-corrected chi connectivity index (χ2v) is 7.66. The smallest absolute Gasteiger partial charge is 0.193 e. The first-order valence-electron chi connectivity index (χ1n) is 9.40. The van der Waals surface area contributed by atoms with Gasteiger partial charge in [0.2, 0.25) is 0 Å².